The summed E-state index contributed by atoms with van der Waals surface area (Å²) in [5.41, 5.74) is 3.65. The van der Waals surface area contributed by atoms with Gasteiger partial charge in [0.1, 0.15) is 5.75 Å². The average molecular weight is 322 g/mol. The number of nitrogens with one attached hydrogen (secondary N) is 1. The van der Waals surface area contributed by atoms with Crippen LogP contribution in [0.5, 0.6) is 5.75 Å². The lowest BCUT2D eigenvalue weighted by atomic mass is 10.2. The van der Waals surface area contributed by atoms with E-state index in [1.807, 2.05) is 38.1 Å². The van der Waals surface area contributed by atoms with Crippen LogP contribution in [0.1, 0.15) is 21.7 Å². The minimum atomic E-state index is -0.295. The van der Waals surface area contributed by atoms with Gasteiger partial charge in [-0.1, -0.05) is 17.3 Å². The van der Waals surface area contributed by atoms with Crippen LogP contribution in [-0.4, -0.2) is 28.0 Å². The van der Waals surface area contributed by atoms with Gasteiger partial charge in [0.2, 0.25) is 0 Å². The van der Waals surface area contributed by atoms with Crippen molar-refractivity contribution < 1.29 is 9.53 Å². The van der Waals surface area contributed by atoms with Crippen molar-refractivity contribution in [2.75, 3.05) is 12.4 Å². The van der Waals surface area contributed by atoms with E-state index < -0.39 is 0 Å². The van der Waals surface area contributed by atoms with Crippen molar-refractivity contribution in [3.63, 3.8) is 0 Å². The Morgan fingerprint density at radius 2 is 1.88 bits per heavy atom. The number of methoxy groups -OCH3 is 1. The Morgan fingerprint density at radius 3 is 2.54 bits per heavy atom. The van der Waals surface area contributed by atoms with E-state index in [-0.39, 0.29) is 5.91 Å². The highest BCUT2D eigenvalue weighted by Crippen LogP contribution is 2.17. The number of amides is 1. The maximum Gasteiger partial charge on any atom is 0.278 e. The van der Waals surface area contributed by atoms with E-state index in [9.17, 15) is 4.79 Å². The van der Waals surface area contributed by atoms with E-state index >= 15 is 0 Å². The van der Waals surface area contributed by atoms with Gasteiger partial charge in [0.25, 0.3) is 5.91 Å². The van der Waals surface area contributed by atoms with E-state index in [1.54, 1.807) is 36.1 Å². The smallest absolute Gasteiger partial charge is 0.278 e. The molecular weight excluding hydrogens is 304 g/mol. The van der Waals surface area contributed by atoms with Crippen LogP contribution in [0.3, 0.4) is 0 Å². The molecule has 24 heavy (non-hydrogen) atoms. The number of hydrogen-bond donors (Lipinski definition) is 1. The lowest BCUT2D eigenvalue weighted by molar-refractivity contribution is 0.102. The summed E-state index contributed by atoms with van der Waals surface area (Å²) >= 11 is 0. The molecule has 2 aromatic carbocycles. The summed E-state index contributed by atoms with van der Waals surface area (Å²) in [5, 5.41) is 10.9. The first kappa shape index (κ1) is 15.7. The number of nitrogens with zero attached hydrogens (tertiary/aromatic N) is 3. The third kappa shape index (κ3) is 3.12. The second-order valence-electron chi connectivity index (χ2n) is 5.46. The Morgan fingerprint density at radius 1 is 1.12 bits per heavy atom. The van der Waals surface area contributed by atoms with Crippen molar-refractivity contribution in [3.05, 3.63) is 65.5 Å². The summed E-state index contributed by atoms with van der Waals surface area (Å²) in [6, 6.07) is 15.0. The first-order chi connectivity index (χ1) is 11.6. The maximum atomic E-state index is 12.4. The summed E-state index contributed by atoms with van der Waals surface area (Å²) in [6.45, 7) is 3.83. The monoisotopic (exact) mass is 322 g/mol. The van der Waals surface area contributed by atoms with Crippen LogP contribution in [0.15, 0.2) is 48.5 Å². The Kier molecular flexibility index (Phi) is 4.29. The maximum absolute atomic E-state index is 12.4. The second-order valence-corrected chi connectivity index (χ2v) is 5.46. The minimum Gasteiger partial charge on any atom is -0.497 e. The predicted molar refractivity (Wildman–Crippen MR) is 91.8 cm³/mol. The number of benzene rings is 2. The minimum absolute atomic E-state index is 0.295. The number of anilines is 1. The van der Waals surface area contributed by atoms with Crippen molar-refractivity contribution >= 4 is 11.6 Å². The molecule has 3 aromatic rings. The molecule has 0 saturated heterocycles. The van der Waals surface area contributed by atoms with Crippen molar-refractivity contribution in [2.45, 2.75) is 13.8 Å². The third-order valence-corrected chi connectivity index (χ3v) is 3.70. The highest BCUT2D eigenvalue weighted by Gasteiger charge is 2.17. The van der Waals surface area contributed by atoms with Gasteiger partial charge in [-0.05, 0) is 55.8 Å². The number of aryl methyl sites for hydroxylation is 1. The Bertz CT molecular complexity index is 869. The fourth-order valence-electron chi connectivity index (χ4n) is 2.41. The van der Waals surface area contributed by atoms with E-state index in [0.29, 0.717) is 17.1 Å². The van der Waals surface area contributed by atoms with Gasteiger partial charge in [0.15, 0.2) is 5.69 Å². The fraction of sp³-hybridized carbons (Fsp3) is 0.167. The largest absolute Gasteiger partial charge is 0.497 e. The zero-order valence-corrected chi connectivity index (χ0v) is 13.8. The van der Waals surface area contributed by atoms with Crippen LogP contribution in [0.2, 0.25) is 0 Å². The van der Waals surface area contributed by atoms with Gasteiger partial charge < -0.3 is 10.1 Å². The summed E-state index contributed by atoms with van der Waals surface area (Å²) < 4.78 is 6.76. The normalized spacial score (nSPS) is 10.5. The van der Waals surface area contributed by atoms with Crippen molar-refractivity contribution in [1.82, 2.24) is 15.0 Å². The van der Waals surface area contributed by atoms with Crippen LogP contribution in [0.4, 0.5) is 5.69 Å². The van der Waals surface area contributed by atoms with Crippen molar-refractivity contribution in [1.29, 1.82) is 0 Å². The first-order valence-electron chi connectivity index (χ1n) is 7.53. The fourth-order valence-corrected chi connectivity index (χ4v) is 2.41. The molecule has 0 fully saturated rings. The van der Waals surface area contributed by atoms with Crippen molar-refractivity contribution in [2.24, 2.45) is 0 Å². The molecule has 122 valence electrons. The molecule has 0 aliphatic heterocycles. The molecule has 0 aliphatic rings. The first-order valence-corrected chi connectivity index (χ1v) is 7.53. The quantitative estimate of drug-likeness (QED) is 0.801. The van der Waals surface area contributed by atoms with Gasteiger partial charge in [0.05, 0.1) is 18.5 Å². The predicted octanol–water partition coefficient (Wildman–Crippen LogP) is 3.15. The molecule has 0 saturated carbocycles. The third-order valence-electron chi connectivity index (χ3n) is 3.70. The van der Waals surface area contributed by atoms with Crippen LogP contribution in [0.25, 0.3) is 5.69 Å². The van der Waals surface area contributed by atoms with Crippen LogP contribution >= 0.6 is 0 Å². The number of carbonyl (C=O) groups is 1. The molecule has 0 spiro atoms. The standard InChI is InChI=1S/C18H18N4O2/c1-12-5-4-6-15(11-12)22-13(2)17(20-21-22)18(23)19-14-7-9-16(24-3)10-8-14/h4-11H,1-3H3,(H,19,23). The van der Waals surface area contributed by atoms with Gasteiger partial charge in [-0.3, -0.25) is 4.79 Å². The topological polar surface area (TPSA) is 69.0 Å². The molecule has 1 heterocycles. The zero-order valence-electron chi connectivity index (χ0n) is 13.8. The summed E-state index contributed by atoms with van der Waals surface area (Å²) in [5.74, 6) is 0.436. The molecule has 6 nitrogen and oxygen atoms in total. The molecule has 1 amide bonds. The van der Waals surface area contributed by atoms with Gasteiger partial charge >= 0.3 is 0 Å². The van der Waals surface area contributed by atoms with E-state index in [2.05, 4.69) is 15.6 Å². The van der Waals surface area contributed by atoms with Crippen LogP contribution in [0, 0.1) is 13.8 Å². The SMILES string of the molecule is COc1ccc(NC(=O)c2nnn(-c3cccc(C)c3)c2C)cc1. The number of ether oxygens (including phenoxy) is 1. The molecule has 0 radical (unpaired) electrons. The summed E-state index contributed by atoms with van der Waals surface area (Å²) in [7, 11) is 1.60. The second kappa shape index (κ2) is 6.54. The van der Waals surface area contributed by atoms with E-state index in [1.165, 1.54) is 0 Å². The van der Waals surface area contributed by atoms with Crippen molar-refractivity contribution in [3.8, 4) is 11.4 Å². The Balaban J connectivity index is 1.83. The highest BCUT2D eigenvalue weighted by molar-refractivity contribution is 6.03. The van der Waals surface area contributed by atoms with Crippen LogP contribution < -0.4 is 10.1 Å². The lowest BCUT2D eigenvalue weighted by Gasteiger charge is -2.06. The molecule has 0 bridgehead atoms. The van der Waals surface area contributed by atoms with E-state index in [4.69, 9.17) is 4.74 Å². The molecule has 1 aromatic heterocycles. The molecule has 0 unspecified atom stereocenters. The Labute approximate surface area is 140 Å². The van der Waals surface area contributed by atoms with Gasteiger partial charge in [-0.25, -0.2) is 4.68 Å². The highest BCUT2D eigenvalue weighted by atomic mass is 16.5. The molecular formula is C18H18N4O2. The Hall–Kier alpha value is -3.15. The summed E-state index contributed by atoms with van der Waals surface area (Å²) in [6.07, 6.45) is 0. The lowest BCUT2D eigenvalue weighted by Crippen LogP contribution is -2.14. The number of rotatable bonds is 4. The number of hydrogen-bond acceptors (Lipinski definition) is 4. The molecule has 3 rings (SSSR count). The molecule has 1 N–H and O–H groups in total. The number of aromatic nitrogens is 3. The van der Waals surface area contributed by atoms with Crippen LogP contribution in [-0.2, 0) is 0 Å². The molecule has 0 atom stereocenters. The molecule has 6 heteroatoms. The average Bonchev–Trinajstić information content (AvgIpc) is 2.97. The van der Waals surface area contributed by atoms with Gasteiger partial charge in [-0.15, -0.1) is 5.10 Å². The zero-order chi connectivity index (χ0) is 17.1. The van der Waals surface area contributed by atoms with Gasteiger partial charge in [-0.2, -0.15) is 0 Å². The van der Waals surface area contributed by atoms with E-state index in [0.717, 1.165) is 17.0 Å². The molecule has 0 aliphatic carbocycles. The van der Waals surface area contributed by atoms with Gasteiger partial charge in [0, 0.05) is 5.69 Å². The number of carbonyl (C=O) groups excluding carboxylic acids is 1. The summed E-state index contributed by atoms with van der Waals surface area (Å²) in [4.78, 5) is 12.4.